The molecule has 2 aliphatic heterocycles. The molecule has 9 heteroatoms. The highest BCUT2D eigenvalue weighted by Crippen LogP contribution is 2.43. The Morgan fingerprint density at radius 2 is 2.20 bits per heavy atom. The van der Waals surface area contributed by atoms with Crippen molar-refractivity contribution in [2.75, 3.05) is 13.1 Å². The first kappa shape index (κ1) is 19.0. The number of nitrogens with zero attached hydrogens (tertiary/aromatic N) is 4. The number of piperidine rings is 1. The molecule has 0 saturated carbocycles. The molecule has 156 valence electrons. The number of carbonyl (C=O) groups is 2. The van der Waals surface area contributed by atoms with Crippen LogP contribution in [-0.2, 0) is 16.1 Å². The molecule has 1 spiro atoms. The van der Waals surface area contributed by atoms with E-state index in [1.54, 1.807) is 28.8 Å². The van der Waals surface area contributed by atoms with Crippen molar-refractivity contribution in [3.05, 3.63) is 47.5 Å². The number of thiophene rings is 1. The van der Waals surface area contributed by atoms with E-state index in [4.69, 9.17) is 4.74 Å². The zero-order valence-corrected chi connectivity index (χ0v) is 17.5. The van der Waals surface area contributed by atoms with Crippen molar-refractivity contribution in [3.63, 3.8) is 0 Å². The number of amides is 1. The predicted octanol–water partition coefficient (Wildman–Crippen LogP) is 2.88. The van der Waals surface area contributed by atoms with Crippen molar-refractivity contribution in [1.29, 1.82) is 0 Å². The smallest absolute Gasteiger partial charge is 0.312 e. The lowest BCUT2D eigenvalue weighted by Crippen LogP contribution is -2.45. The molecule has 1 N–H and O–H groups in total. The molecule has 8 nitrogen and oxygen atoms in total. The number of aryl methyl sites for hydroxylation is 1. The van der Waals surface area contributed by atoms with Crippen molar-refractivity contribution in [3.8, 4) is 10.6 Å². The summed E-state index contributed by atoms with van der Waals surface area (Å²) in [6.45, 7) is 3.74. The quantitative estimate of drug-likeness (QED) is 0.649. The van der Waals surface area contributed by atoms with Gasteiger partial charge in [0.2, 0.25) is 0 Å². The molecule has 0 bridgehead atoms. The SMILES string of the molecule is Cc1ccc(-c2cc(C(=O)N3CCC4(CC3)CC(Cn3ccnc3)OC4=O)n[nH]2)s1. The van der Waals surface area contributed by atoms with Gasteiger partial charge in [0.15, 0.2) is 5.69 Å². The number of cyclic esters (lactones) is 1. The number of rotatable bonds is 4. The van der Waals surface area contributed by atoms with Gasteiger partial charge in [0.25, 0.3) is 5.91 Å². The van der Waals surface area contributed by atoms with Crippen LogP contribution in [0.25, 0.3) is 10.6 Å². The number of esters is 1. The van der Waals surface area contributed by atoms with Crippen molar-refractivity contribution in [2.24, 2.45) is 5.41 Å². The maximum Gasteiger partial charge on any atom is 0.312 e. The van der Waals surface area contributed by atoms with Crippen molar-refractivity contribution < 1.29 is 14.3 Å². The molecule has 0 aromatic carbocycles. The molecule has 1 amide bonds. The van der Waals surface area contributed by atoms with E-state index in [1.807, 2.05) is 35.9 Å². The van der Waals surface area contributed by atoms with Gasteiger partial charge in [-0.25, -0.2) is 4.98 Å². The maximum absolute atomic E-state index is 12.9. The standard InChI is InChI=1S/C21H23N5O3S/c1-14-2-3-18(30-14)16-10-17(24-23-16)19(27)26-7-4-21(5-8-26)11-15(29-20(21)28)12-25-9-6-22-13-25/h2-3,6,9-10,13,15H,4-5,7-8,11-12H2,1H3,(H,23,24). The zero-order valence-electron chi connectivity index (χ0n) is 16.7. The molecule has 5 heterocycles. The normalized spacial score (nSPS) is 20.6. The van der Waals surface area contributed by atoms with E-state index in [0.29, 0.717) is 44.6 Å². The highest BCUT2D eigenvalue weighted by Gasteiger charge is 2.51. The number of imidazole rings is 1. The summed E-state index contributed by atoms with van der Waals surface area (Å²) < 4.78 is 7.59. The van der Waals surface area contributed by atoms with Gasteiger partial charge >= 0.3 is 5.97 Å². The Morgan fingerprint density at radius 3 is 2.90 bits per heavy atom. The van der Waals surface area contributed by atoms with Gasteiger partial charge in [-0.3, -0.25) is 14.7 Å². The molecule has 2 aliphatic rings. The number of likely N-dealkylation sites (tertiary alicyclic amines) is 1. The number of carbonyl (C=O) groups excluding carboxylic acids is 2. The Balaban J connectivity index is 1.22. The minimum atomic E-state index is -0.479. The molecule has 30 heavy (non-hydrogen) atoms. The Hall–Kier alpha value is -2.94. The second kappa shape index (κ2) is 7.39. The van der Waals surface area contributed by atoms with Crippen LogP contribution in [0, 0.1) is 12.3 Å². The second-order valence-electron chi connectivity index (χ2n) is 8.14. The van der Waals surface area contributed by atoms with Crippen LogP contribution in [0.5, 0.6) is 0 Å². The van der Waals surface area contributed by atoms with Crippen molar-refractivity contribution in [1.82, 2.24) is 24.6 Å². The molecule has 1 unspecified atom stereocenters. The van der Waals surface area contributed by atoms with Gasteiger partial charge in [0.05, 0.1) is 28.9 Å². The Kier molecular flexibility index (Phi) is 4.69. The van der Waals surface area contributed by atoms with Gasteiger partial charge in [0.1, 0.15) is 6.10 Å². The molecular weight excluding hydrogens is 402 g/mol. The van der Waals surface area contributed by atoms with E-state index in [1.165, 1.54) is 4.88 Å². The topological polar surface area (TPSA) is 93.1 Å². The van der Waals surface area contributed by atoms with Crippen molar-refractivity contribution in [2.45, 2.75) is 38.8 Å². The molecule has 5 rings (SSSR count). The van der Waals surface area contributed by atoms with Crippen LogP contribution in [0.1, 0.15) is 34.6 Å². The lowest BCUT2D eigenvalue weighted by molar-refractivity contribution is -0.150. The summed E-state index contributed by atoms with van der Waals surface area (Å²) in [4.78, 5) is 33.7. The number of hydrogen-bond donors (Lipinski definition) is 1. The molecule has 2 saturated heterocycles. The molecule has 3 aromatic heterocycles. The average molecular weight is 426 g/mol. The van der Waals surface area contributed by atoms with E-state index in [-0.39, 0.29) is 18.0 Å². The highest BCUT2D eigenvalue weighted by molar-refractivity contribution is 7.15. The summed E-state index contributed by atoms with van der Waals surface area (Å²) in [5, 5.41) is 7.19. The third kappa shape index (κ3) is 3.43. The summed E-state index contributed by atoms with van der Waals surface area (Å²) in [5.41, 5.74) is 0.790. The highest BCUT2D eigenvalue weighted by atomic mass is 32.1. The Morgan fingerprint density at radius 1 is 1.37 bits per heavy atom. The van der Waals surface area contributed by atoms with Crippen LogP contribution < -0.4 is 0 Å². The van der Waals surface area contributed by atoms with Crippen LogP contribution in [0.4, 0.5) is 0 Å². The summed E-state index contributed by atoms with van der Waals surface area (Å²) in [6.07, 6.45) is 7.12. The minimum Gasteiger partial charge on any atom is -0.460 e. The summed E-state index contributed by atoms with van der Waals surface area (Å²) in [5.74, 6) is -0.225. The number of hydrogen-bond acceptors (Lipinski definition) is 6. The minimum absolute atomic E-state index is 0.0954. The first-order valence-corrected chi connectivity index (χ1v) is 10.9. The van der Waals surface area contributed by atoms with E-state index in [9.17, 15) is 9.59 Å². The largest absolute Gasteiger partial charge is 0.460 e. The fourth-order valence-corrected chi connectivity index (χ4v) is 5.25. The van der Waals surface area contributed by atoms with Crippen LogP contribution >= 0.6 is 11.3 Å². The van der Waals surface area contributed by atoms with Gasteiger partial charge in [-0.2, -0.15) is 5.10 Å². The lowest BCUT2D eigenvalue weighted by atomic mass is 9.76. The van der Waals surface area contributed by atoms with Gasteiger partial charge in [-0.1, -0.05) is 0 Å². The fourth-order valence-electron chi connectivity index (χ4n) is 4.41. The third-order valence-corrected chi connectivity index (χ3v) is 7.14. The van der Waals surface area contributed by atoms with E-state index in [2.05, 4.69) is 15.2 Å². The fraction of sp³-hybridized carbons (Fsp3) is 0.429. The van der Waals surface area contributed by atoms with Crippen LogP contribution in [-0.4, -0.2) is 55.7 Å². The number of nitrogens with one attached hydrogen (secondary N) is 1. The molecule has 3 aromatic rings. The number of aromatic amines is 1. The monoisotopic (exact) mass is 425 g/mol. The van der Waals surface area contributed by atoms with E-state index >= 15 is 0 Å². The van der Waals surface area contributed by atoms with Gasteiger partial charge in [-0.15, -0.1) is 11.3 Å². The average Bonchev–Trinajstić information content (AvgIpc) is 3.52. The number of aromatic nitrogens is 4. The van der Waals surface area contributed by atoms with Gasteiger partial charge in [0, 0.05) is 36.8 Å². The van der Waals surface area contributed by atoms with E-state index in [0.717, 1.165) is 10.6 Å². The van der Waals surface area contributed by atoms with Crippen LogP contribution in [0.3, 0.4) is 0 Å². The van der Waals surface area contributed by atoms with Crippen LogP contribution in [0.2, 0.25) is 0 Å². The van der Waals surface area contributed by atoms with Crippen LogP contribution in [0.15, 0.2) is 36.9 Å². The Labute approximate surface area is 177 Å². The first-order valence-electron chi connectivity index (χ1n) is 10.1. The third-order valence-electron chi connectivity index (χ3n) is 6.11. The first-order chi connectivity index (χ1) is 14.5. The molecule has 1 atom stereocenters. The Bertz CT molecular complexity index is 1060. The number of ether oxygens (including phenoxy) is 1. The summed E-state index contributed by atoms with van der Waals surface area (Å²) >= 11 is 1.66. The zero-order chi connectivity index (χ0) is 20.7. The number of H-pyrrole nitrogens is 1. The van der Waals surface area contributed by atoms with E-state index < -0.39 is 5.41 Å². The molecular formula is C21H23N5O3S. The molecule has 2 fully saturated rings. The molecule has 0 radical (unpaired) electrons. The van der Waals surface area contributed by atoms with Gasteiger partial charge < -0.3 is 14.2 Å². The van der Waals surface area contributed by atoms with Gasteiger partial charge in [-0.05, 0) is 38.0 Å². The maximum atomic E-state index is 12.9. The summed E-state index contributed by atoms with van der Waals surface area (Å²) in [7, 11) is 0. The molecule has 0 aliphatic carbocycles. The van der Waals surface area contributed by atoms with Crippen molar-refractivity contribution >= 4 is 23.2 Å². The predicted molar refractivity (Wildman–Crippen MR) is 111 cm³/mol. The second-order valence-corrected chi connectivity index (χ2v) is 9.43. The summed E-state index contributed by atoms with van der Waals surface area (Å²) in [6, 6.07) is 5.88. The lowest BCUT2D eigenvalue weighted by Gasteiger charge is -2.36.